The third-order valence-corrected chi connectivity index (χ3v) is 7.73. The molecular formula is C22H24FN3O5S. The van der Waals surface area contributed by atoms with Crippen molar-refractivity contribution >= 4 is 27.5 Å². The first-order chi connectivity index (χ1) is 15.3. The summed E-state index contributed by atoms with van der Waals surface area (Å²) < 4.78 is 45.6. The first kappa shape index (κ1) is 22.2. The summed E-state index contributed by atoms with van der Waals surface area (Å²) >= 11 is 0. The van der Waals surface area contributed by atoms with Gasteiger partial charge in [-0.25, -0.2) is 12.8 Å². The molecule has 10 heteroatoms. The number of piperazine rings is 1. The molecule has 1 unspecified atom stereocenters. The van der Waals surface area contributed by atoms with Crippen LogP contribution >= 0.6 is 0 Å². The summed E-state index contributed by atoms with van der Waals surface area (Å²) in [6, 6.07) is 12.0. The lowest BCUT2D eigenvalue weighted by Crippen LogP contribution is -2.52. The molecule has 2 amide bonds. The molecule has 2 aromatic rings. The number of carbonyl (C=O) groups excluding carboxylic acids is 2. The molecule has 0 bridgehead atoms. The second-order valence-corrected chi connectivity index (χ2v) is 9.70. The number of para-hydroxylation sites is 2. The van der Waals surface area contributed by atoms with Crippen molar-refractivity contribution in [1.82, 2.24) is 9.21 Å². The molecule has 170 valence electrons. The SMILES string of the molecule is COc1ccccc1N1CC(C(=O)N2CCN(S(=O)(=O)c3cccc(F)c3)CC2)CC1=O. The highest BCUT2D eigenvalue weighted by molar-refractivity contribution is 7.89. The fourth-order valence-electron chi connectivity index (χ4n) is 4.14. The quantitative estimate of drug-likeness (QED) is 0.677. The van der Waals surface area contributed by atoms with Crippen LogP contribution in [-0.2, 0) is 19.6 Å². The number of rotatable bonds is 5. The van der Waals surface area contributed by atoms with Crippen molar-refractivity contribution in [3.8, 4) is 5.75 Å². The van der Waals surface area contributed by atoms with Gasteiger partial charge in [0.15, 0.2) is 0 Å². The number of sulfonamides is 1. The molecule has 2 saturated heterocycles. The number of benzene rings is 2. The zero-order chi connectivity index (χ0) is 22.9. The molecule has 32 heavy (non-hydrogen) atoms. The lowest BCUT2D eigenvalue weighted by molar-refractivity contribution is -0.136. The van der Waals surface area contributed by atoms with Gasteiger partial charge in [0.1, 0.15) is 11.6 Å². The Balaban J connectivity index is 1.40. The van der Waals surface area contributed by atoms with Crippen LogP contribution in [0.25, 0.3) is 0 Å². The average molecular weight is 462 g/mol. The van der Waals surface area contributed by atoms with Gasteiger partial charge in [0.05, 0.1) is 23.6 Å². The summed E-state index contributed by atoms with van der Waals surface area (Å²) in [6.45, 7) is 0.905. The van der Waals surface area contributed by atoms with Crippen LogP contribution in [0.4, 0.5) is 10.1 Å². The molecule has 0 saturated carbocycles. The highest BCUT2D eigenvalue weighted by atomic mass is 32.2. The number of carbonyl (C=O) groups is 2. The lowest BCUT2D eigenvalue weighted by Gasteiger charge is -2.35. The number of nitrogens with zero attached hydrogens (tertiary/aromatic N) is 3. The molecule has 0 spiro atoms. The molecule has 0 radical (unpaired) electrons. The largest absolute Gasteiger partial charge is 0.495 e. The average Bonchev–Trinajstić information content (AvgIpc) is 3.20. The number of methoxy groups -OCH3 is 1. The van der Waals surface area contributed by atoms with E-state index in [1.54, 1.807) is 28.0 Å². The van der Waals surface area contributed by atoms with Crippen LogP contribution in [0.1, 0.15) is 6.42 Å². The van der Waals surface area contributed by atoms with Gasteiger partial charge < -0.3 is 14.5 Å². The van der Waals surface area contributed by atoms with E-state index in [0.717, 1.165) is 6.07 Å². The summed E-state index contributed by atoms with van der Waals surface area (Å²) in [5.41, 5.74) is 0.626. The van der Waals surface area contributed by atoms with E-state index in [9.17, 15) is 22.4 Å². The minimum atomic E-state index is -3.83. The van der Waals surface area contributed by atoms with Gasteiger partial charge in [0, 0.05) is 39.1 Å². The van der Waals surface area contributed by atoms with E-state index in [1.165, 1.54) is 29.6 Å². The monoisotopic (exact) mass is 461 g/mol. The predicted molar refractivity (Wildman–Crippen MR) is 115 cm³/mol. The van der Waals surface area contributed by atoms with E-state index >= 15 is 0 Å². The number of ether oxygens (including phenoxy) is 1. The Bertz CT molecular complexity index is 1130. The van der Waals surface area contributed by atoms with E-state index < -0.39 is 21.8 Å². The van der Waals surface area contributed by atoms with Crippen molar-refractivity contribution in [2.75, 3.05) is 44.7 Å². The highest BCUT2D eigenvalue weighted by Gasteiger charge is 2.39. The smallest absolute Gasteiger partial charge is 0.243 e. The molecule has 2 aliphatic rings. The number of hydrogen-bond acceptors (Lipinski definition) is 5. The van der Waals surface area contributed by atoms with Crippen molar-refractivity contribution in [2.24, 2.45) is 5.92 Å². The van der Waals surface area contributed by atoms with E-state index in [2.05, 4.69) is 0 Å². The van der Waals surface area contributed by atoms with Gasteiger partial charge in [-0.3, -0.25) is 9.59 Å². The molecule has 2 fully saturated rings. The van der Waals surface area contributed by atoms with Gasteiger partial charge in [-0.05, 0) is 30.3 Å². The second-order valence-electron chi connectivity index (χ2n) is 7.76. The molecule has 0 aliphatic carbocycles. The fraction of sp³-hybridized carbons (Fsp3) is 0.364. The summed E-state index contributed by atoms with van der Waals surface area (Å²) in [5, 5.41) is 0. The number of halogens is 1. The molecule has 0 N–H and O–H groups in total. The molecule has 2 aromatic carbocycles. The topological polar surface area (TPSA) is 87.2 Å². The predicted octanol–water partition coefficient (Wildman–Crippen LogP) is 1.72. The van der Waals surface area contributed by atoms with Gasteiger partial charge >= 0.3 is 0 Å². The van der Waals surface area contributed by atoms with Crippen LogP contribution < -0.4 is 9.64 Å². The molecule has 4 rings (SSSR count). The van der Waals surface area contributed by atoms with E-state index in [4.69, 9.17) is 4.74 Å². The van der Waals surface area contributed by atoms with Gasteiger partial charge in [-0.2, -0.15) is 4.31 Å². The minimum Gasteiger partial charge on any atom is -0.495 e. The second kappa shape index (κ2) is 8.87. The zero-order valence-corrected chi connectivity index (χ0v) is 18.4. The first-order valence-corrected chi connectivity index (χ1v) is 11.7. The van der Waals surface area contributed by atoms with Crippen LogP contribution in [0.3, 0.4) is 0 Å². The summed E-state index contributed by atoms with van der Waals surface area (Å²) in [4.78, 5) is 28.7. The minimum absolute atomic E-state index is 0.0959. The first-order valence-electron chi connectivity index (χ1n) is 10.3. The summed E-state index contributed by atoms with van der Waals surface area (Å²) in [5.74, 6) is -0.881. The molecule has 2 heterocycles. The van der Waals surface area contributed by atoms with Crippen molar-refractivity contribution in [1.29, 1.82) is 0 Å². The van der Waals surface area contributed by atoms with E-state index in [1.807, 2.05) is 6.07 Å². The van der Waals surface area contributed by atoms with Crippen LogP contribution in [0, 0.1) is 11.7 Å². The summed E-state index contributed by atoms with van der Waals surface area (Å²) in [6.07, 6.45) is 0.0959. The van der Waals surface area contributed by atoms with Crippen LogP contribution in [0.15, 0.2) is 53.4 Å². The Morgan fingerprint density at radius 2 is 1.78 bits per heavy atom. The van der Waals surface area contributed by atoms with E-state index in [0.29, 0.717) is 11.4 Å². The molecule has 2 aliphatic heterocycles. The Hall–Kier alpha value is -2.98. The van der Waals surface area contributed by atoms with Crippen molar-refractivity contribution in [2.45, 2.75) is 11.3 Å². The summed E-state index contributed by atoms with van der Waals surface area (Å²) in [7, 11) is -2.31. The fourth-order valence-corrected chi connectivity index (χ4v) is 5.60. The highest BCUT2D eigenvalue weighted by Crippen LogP contribution is 2.33. The number of anilines is 1. The third kappa shape index (κ3) is 4.20. The number of hydrogen-bond donors (Lipinski definition) is 0. The van der Waals surface area contributed by atoms with Gasteiger partial charge in [-0.15, -0.1) is 0 Å². The maximum Gasteiger partial charge on any atom is 0.243 e. The maximum atomic E-state index is 13.5. The molecule has 8 nitrogen and oxygen atoms in total. The number of amides is 2. The molecule has 1 atom stereocenters. The van der Waals surface area contributed by atoms with Crippen LogP contribution in [-0.4, -0.2) is 69.3 Å². The normalized spacial score (nSPS) is 19.9. The zero-order valence-electron chi connectivity index (χ0n) is 17.6. The molecular weight excluding hydrogens is 437 g/mol. The maximum absolute atomic E-state index is 13.5. The van der Waals surface area contributed by atoms with Crippen molar-refractivity contribution in [3.05, 3.63) is 54.3 Å². The molecule has 0 aromatic heterocycles. The van der Waals surface area contributed by atoms with Gasteiger partial charge in [0.25, 0.3) is 0 Å². The Morgan fingerprint density at radius 1 is 1.06 bits per heavy atom. The van der Waals surface area contributed by atoms with Crippen LogP contribution in [0.5, 0.6) is 5.75 Å². The van der Waals surface area contributed by atoms with Crippen molar-refractivity contribution in [3.63, 3.8) is 0 Å². The standard InChI is InChI=1S/C22H24FN3O5S/c1-31-20-8-3-2-7-19(20)26-15-16(13-21(26)27)22(28)24-9-11-25(12-10-24)32(29,30)18-6-4-5-17(23)14-18/h2-8,14,16H,9-13,15H2,1H3. The van der Waals surface area contributed by atoms with Crippen LogP contribution in [0.2, 0.25) is 0 Å². The van der Waals surface area contributed by atoms with Crippen molar-refractivity contribution < 1.29 is 27.1 Å². The Morgan fingerprint density at radius 3 is 2.47 bits per heavy atom. The Kier molecular flexibility index (Phi) is 6.16. The van der Waals surface area contributed by atoms with Gasteiger partial charge in [-0.1, -0.05) is 18.2 Å². The third-order valence-electron chi connectivity index (χ3n) is 5.83. The Labute approximate surface area is 186 Å². The van der Waals surface area contributed by atoms with Gasteiger partial charge in [0.2, 0.25) is 21.8 Å². The van der Waals surface area contributed by atoms with E-state index in [-0.39, 0.29) is 55.9 Å². The lowest BCUT2D eigenvalue weighted by atomic mass is 10.1.